The van der Waals surface area contributed by atoms with Crippen molar-refractivity contribution in [2.24, 2.45) is 0 Å². The maximum atomic E-state index is 13.1. The zero-order chi connectivity index (χ0) is 22.5. The standard InChI is InChI=1S/C19H11BrClF3N8/c20-12-8-25-30(9-12)10-15-26-17(13-5-4-11(7-14(13)21)19(22,23)24)32(28-15)18-27-16-3-1-2-6-31(16)29-18/h1-9H,10H2. The Morgan fingerprint density at radius 1 is 1.06 bits per heavy atom. The number of nitrogens with zero attached hydrogens (tertiary/aromatic N) is 8. The van der Waals surface area contributed by atoms with E-state index in [0.29, 0.717) is 11.5 Å². The Balaban J connectivity index is 1.64. The smallest absolute Gasteiger partial charge is 0.264 e. The molecule has 4 aromatic heterocycles. The molecule has 0 saturated heterocycles. The van der Waals surface area contributed by atoms with Crippen LogP contribution in [0.3, 0.4) is 0 Å². The number of benzene rings is 1. The van der Waals surface area contributed by atoms with Gasteiger partial charge in [-0.3, -0.25) is 4.68 Å². The summed E-state index contributed by atoms with van der Waals surface area (Å²) in [7, 11) is 0. The summed E-state index contributed by atoms with van der Waals surface area (Å²) < 4.78 is 44.6. The molecule has 32 heavy (non-hydrogen) atoms. The van der Waals surface area contributed by atoms with E-state index >= 15 is 0 Å². The van der Waals surface area contributed by atoms with Gasteiger partial charge < -0.3 is 0 Å². The highest BCUT2D eigenvalue weighted by Gasteiger charge is 2.31. The van der Waals surface area contributed by atoms with Crippen molar-refractivity contribution in [3.05, 3.63) is 75.9 Å². The second-order valence-electron chi connectivity index (χ2n) is 6.73. The predicted octanol–water partition coefficient (Wildman–Crippen LogP) is 4.66. The molecule has 8 nitrogen and oxygen atoms in total. The molecule has 0 amide bonds. The number of pyridine rings is 1. The van der Waals surface area contributed by atoms with Crippen LogP contribution in [-0.4, -0.2) is 39.1 Å². The molecule has 13 heteroatoms. The van der Waals surface area contributed by atoms with Gasteiger partial charge in [-0.15, -0.1) is 10.2 Å². The van der Waals surface area contributed by atoms with Crippen LogP contribution in [0.1, 0.15) is 11.4 Å². The molecular weight excluding hydrogens is 513 g/mol. The number of alkyl halides is 3. The van der Waals surface area contributed by atoms with E-state index in [1.54, 1.807) is 39.9 Å². The summed E-state index contributed by atoms with van der Waals surface area (Å²) >= 11 is 9.56. The average molecular weight is 524 g/mol. The van der Waals surface area contributed by atoms with Crippen molar-refractivity contribution < 1.29 is 13.2 Å². The molecule has 5 aromatic rings. The van der Waals surface area contributed by atoms with Crippen molar-refractivity contribution in [1.82, 2.24) is 39.1 Å². The van der Waals surface area contributed by atoms with Crippen LogP contribution in [0.5, 0.6) is 0 Å². The molecule has 0 aliphatic carbocycles. The minimum Gasteiger partial charge on any atom is -0.264 e. The van der Waals surface area contributed by atoms with E-state index in [1.165, 1.54) is 10.7 Å². The van der Waals surface area contributed by atoms with Crippen LogP contribution >= 0.6 is 27.5 Å². The Morgan fingerprint density at radius 3 is 2.59 bits per heavy atom. The predicted molar refractivity (Wildman–Crippen MR) is 112 cm³/mol. The normalized spacial score (nSPS) is 12.0. The fraction of sp³-hybridized carbons (Fsp3) is 0.105. The van der Waals surface area contributed by atoms with Gasteiger partial charge in [0.1, 0.15) is 6.54 Å². The molecular formula is C19H11BrClF3N8. The number of aromatic nitrogens is 8. The highest BCUT2D eigenvalue weighted by molar-refractivity contribution is 9.10. The maximum Gasteiger partial charge on any atom is 0.416 e. The molecule has 0 fully saturated rings. The lowest BCUT2D eigenvalue weighted by Gasteiger charge is -2.09. The summed E-state index contributed by atoms with van der Waals surface area (Å²) in [6.45, 7) is 0.219. The van der Waals surface area contributed by atoms with E-state index in [9.17, 15) is 13.2 Å². The summed E-state index contributed by atoms with van der Waals surface area (Å²) in [5, 5.41) is 12.9. The molecule has 0 N–H and O–H groups in total. The second kappa shape index (κ2) is 7.71. The zero-order valence-corrected chi connectivity index (χ0v) is 18.2. The van der Waals surface area contributed by atoms with Gasteiger partial charge in [-0.1, -0.05) is 17.7 Å². The second-order valence-corrected chi connectivity index (χ2v) is 8.05. The molecule has 0 atom stereocenters. The molecule has 0 radical (unpaired) electrons. The van der Waals surface area contributed by atoms with E-state index in [0.717, 1.165) is 16.6 Å². The van der Waals surface area contributed by atoms with Gasteiger partial charge in [-0.25, -0.2) is 9.50 Å². The summed E-state index contributed by atoms with van der Waals surface area (Å²) in [6.07, 6.45) is 0.566. The Labute approximate surface area is 191 Å². The molecule has 0 saturated carbocycles. The third kappa shape index (κ3) is 3.86. The summed E-state index contributed by atoms with van der Waals surface area (Å²) in [6, 6.07) is 8.43. The summed E-state index contributed by atoms with van der Waals surface area (Å²) in [4.78, 5) is 8.94. The van der Waals surface area contributed by atoms with Gasteiger partial charge in [0.05, 0.1) is 21.3 Å². The number of halogens is 5. The SMILES string of the molecule is FC(F)(F)c1ccc(-c2nc(Cn3cc(Br)cn3)nn2-c2nc3ccccn3n2)c(Cl)c1. The van der Waals surface area contributed by atoms with Crippen LogP contribution in [0.25, 0.3) is 23.0 Å². The lowest BCUT2D eigenvalue weighted by molar-refractivity contribution is -0.137. The van der Waals surface area contributed by atoms with Crippen molar-refractivity contribution in [3.8, 4) is 17.3 Å². The zero-order valence-electron chi connectivity index (χ0n) is 15.9. The van der Waals surface area contributed by atoms with Crippen LogP contribution in [0.4, 0.5) is 13.2 Å². The van der Waals surface area contributed by atoms with Crippen LogP contribution in [-0.2, 0) is 12.7 Å². The van der Waals surface area contributed by atoms with Crippen LogP contribution in [0.2, 0.25) is 5.02 Å². The fourth-order valence-corrected chi connectivity index (χ4v) is 3.68. The quantitative estimate of drug-likeness (QED) is 0.342. The highest BCUT2D eigenvalue weighted by atomic mass is 79.9. The van der Waals surface area contributed by atoms with E-state index < -0.39 is 11.7 Å². The third-order valence-electron chi connectivity index (χ3n) is 4.51. The van der Waals surface area contributed by atoms with Gasteiger partial charge in [-0.05, 0) is 46.3 Å². The van der Waals surface area contributed by atoms with Gasteiger partial charge >= 0.3 is 6.18 Å². The van der Waals surface area contributed by atoms with Crippen LogP contribution in [0.15, 0.2) is 59.5 Å². The largest absolute Gasteiger partial charge is 0.416 e. The van der Waals surface area contributed by atoms with Gasteiger partial charge in [0.15, 0.2) is 17.3 Å². The van der Waals surface area contributed by atoms with Crippen molar-refractivity contribution >= 4 is 33.2 Å². The summed E-state index contributed by atoms with van der Waals surface area (Å²) in [5.74, 6) is 0.758. The minimum absolute atomic E-state index is 0.120. The molecule has 1 aromatic carbocycles. The Kier molecular flexibility index (Phi) is 4.97. The minimum atomic E-state index is -4.52. The molecule has 4 heterocycles. The van der Waals surface area contributed by atoms with E-state index in [1.807, 2.05) is 6.07 Å². The topological polar surface area (TPSA) is 78.7 Å². The first-order chi connectivity index (χ1) is 15.3. The number of hydrogen-bond donors (Lipinski definition) is 0. The van der Waals surface area contributed by atoms with Crippen molar-refractivity contribution in [2.45, 2.75) is 12.7 Å². The third-order valence-corrected chi connectivity index (χ3v) is 5.24. The van der Waals surface area contributed by atoms with Crippen LogP contribution < -0.4 is 0 Å². The Hall–Kier alpha value is -3.25. The van der Waals surface area contributed by atoms with Gasteiger partial charge in [0, 0.05) is 18.0 Å². The van der Waals surface area contributed by atoms with E-state index in [4.69, 9.17) is 11.6 Å². The Bertz CT molecular complexity index is 1410. The molecule has 0 aliphatic heterocycles. The summed E-state index contributed by atoms with van der Waals surface area (Å²) in [5.41, 5.74) is -0.0243. The van der Waals surface area contributed by atoms with Gasteiger partial charge in [-0.2, -0.15) is 27.9 Å². The molecule has 0 spiro atoms. The van der Waals surface area contributed by atoms with Crippen molar-refractivity contribution in [3.63, 3.8) is 0 Å². The first-order valence-electron chi connectivity index (χ1n) is 9.11. The molecule has 0 aliphatic rings. The van der Waals surface area contributed by atoms with Crippen molar-refractivity contribution in [1.29, 1.82) is 0 Å². The maximum absolute atomic E-state index is 13.1. The fourth-order valence-electron chi connectivity index (χ4n) is 3.09. The average Bonchev–Trinajstić information content (AvgIpc) is 3.45. The highest BCUT2D eigenvalue weighted by Crippen LogP contribution is 2.35. The molecule has 162 valence electrons. The van der Waals surface area contributed by atoms with E-state index in [-0.39, 0.29) is 28.9 Å². The lowest BCUT2D eigenvalue weighted by atomic mass is 10.1. The Morgan fingerprint density at radius 2 is 1.91 bits per heavy atom. The number of fused-ring (bicyclic) bond motifs is 1. The number of hydrogen-bond acceptors (Lipinski definition) is 5. The monoisotopic (exact) mass is 522 g/mol. The first-order valence-corrected chi connectivity index (χ1v) is 10.3. The lowest BCUT2D eigenvalue weighted by Crippen LogP contribution is -2.06. The molecule has 0 unspecified atom stereocenters. The molecule has 5 rings (SSSR count). The first kappa shape index (κ1) is 20.6. The van der Waals surface area contributed by atoms with Gasteiger partial charge in [0.25, 0.3) is 5.95 Å². The number of rotatable bonds is 4. The van der Waals surface area contributed by atoms with Gasteiger partial charge in [0.2, 0.25) is 0 Å². The molecule has 0 bridgehead atoms. The van der Waals surface area contributed by atoms with Crippen molar-refractivity contribution in [2.75, 3.05) is 0 Å². The van der Waals surface area contributed by atoms with Crippen LogP contribution in [0, 0.1) is 0 Å². The van der Waals surface area contributed by atoms with E-state index in [2.05, 4.69) is 41.2 Å².